The molecule has 1 N–H and O–H groups in total. The minimum atomic E-state index is 0.909. The van der Waals surface area contributed by atoms with Crippen LogP contribution in [0.4, 0.5) is 5.82 Å². The van der Waals surface area contributed by atoms with Crippen molar-refractivity contribution in [3.63, 3.8) is 0 Å². The van der Waals surface area contributed by atoms with Crippen molar-refractivity contribution in [2.75, 3.05) is 25.0 Å². The molecule has 0 aromatic carbocycles. The van der Waals surface area contributed by atoms with E-state index in [2.05, 4.69) is 36.2 Å². The maximum absolute atomic E-state index is 4.73. The lowest BCUT2D eigenvalue weighted by Gasteiger charge is -2.23. The van der Waals surface area contributed by atoms with Gasteiger partial charge in [0, 0.05) is 25.3 Å². The van der Waals surface area contributed by atoms with Gasteiger partial charge in [-0.2, -0.15) is 0 Å². The number of anilines is 1. The lowest BCUT2D eigenvalue weighted by Crippen LogP contribution is -2.25. The standard InChI is InChI=1S/C16H27N3/c1-4-14-6-5-8-19(9-7-14)16-11-15(12-17-3)10-13(2)18-16/h10-11,14,17H,4-9,12H2,1-3H3. The average Bonchev–Trinajstić information content (AvgIpc) is 2.63. The van der Waals surface area contributed by atoms with Crippen LogP contribution in [0.15, 0.2) is 12.1 Å². The minimum Gasteiger partial charge on any atom is -0.357 e. The SMILES string of the molecule is CCC1CCCN(c2cc(CNC)cc(C)n2)CC1. The fourth-order valence-electron chi connectivity index (χ4n) is 2.99. The maximum Gasteiger partial charge on any atom is 0.129 e. The first-order valence-corrected chi connectivity index (χ1v) is 7.60. The smallest absolute Gasteiger partial charge is 0.129 e. The number of aryl methyl sites for hydroxylation is 1. The molecule has 2 rings (SSSR count). The third-order valence-electron chi connectivity index (χ3n) is 4.13. The molecule has 3 nitrogen and oxygen atoms in total. The zero-order chi connectivity index (χ0) is 13.7. The summed E-state index contributed by atoms with van der Waals surface area (Å²) >= 11 is 0. The molecule has 1 atom stereocenters. The first-order chi connectivity index (χ1) is 9.22. The second kappa shape index (κ2) is 6.90. The van der Waals surface area contributed by atoms with Crippen LogP contribution in [0.5, 0.6) is 0 Å². The normalized spacial score (nSPS) is 20.4. The summed E-state index contributed by atoms with van der Waals surface area (Å²) in [4.78, 5) is 7.20. The zero-order valence-corrected chi connectivity index (χ0v) is 12.6. The van der Waals surface area contributed by atoms with E-state index in [4.69, 9.17) is 4.98 Å². The van der Waals surface area contributed by atoms with Crippen LogP contribution in [-0.2, 0) is 6.54 Å². The molecule has 1 aromatic rings. The van der Waals surface area contributed by atoms with Crippen LogP contribution in [-0.4, -0.2) is 25.1 Å². The van der Waals surface area contributed by atoms with E-state index in [0.717, 1.165) is 31.2 Å². The molecular formula is C16H27N3. The van der Waals surface area contributed by atoms with Gasteiger partial charge >= 0.3 is 0 Å². The molecule has 0 spiro atoms. The van der Waals surface area contributed by atoms with Crippen molar-refractivity contribution >= 4 is 5.82 Å². The second-order valence-corrected chi connectivity index (χ2v) is 5.70. The molecule has 1 fully saturated rings. The Hall–Kier alpha value is -1.09. The quantitative estimate of drug-likeness (QED) is 0.902. The zero-order valence-electron chi connectivity index (χ0n) is 12.6. The van der Waals surface area contributed by atoms with Crippen LogP contribution in [0.2, 0.25) is 0 Å². The third-order valence-corrected chi connectivity index (χ3v) is 4.13. The first kappa shape index (κ1) is 14.3. The van der Waals surface area contributed by atoms with Crippen LogP contribution >= 0.6 is 0 Å². The highest BCUT2D eigenvalue weighted by Gasteiger charge is 2.17. The Bertz CT molecular complexity index is 403. The van der Waals surface area contributed by atoms with Crippen molar-refractivity contribution in [3.8, 4) is 0 Å². The van der Waals surface area contributed by atoms with Gasteiger partial charge in [-0.05, 0) is 56.8 Å². The summed E-state index contributed by atoms with van der Waals surface area (Å²) in [6.45, 7) is 7.65. The summed E-state index contributed by atoms with van der Waals surface area (Å²) in [5.74, 6) is 2.08. The Kier molecular flexibility index (Phi) is 5.20. The van der Waals surface area contributed by atoms with Crippen molar-refractivity contribution in [2.24, 2.45) is 5.92 Å². The number of pyridine rings is 1. The lowest BCUT2D eigenvalue weighted by atomic mass is 9.98. The lowest BCUT2D eigenvalue weighted by molar-refractivity contribution is 0.459. The van der Waals surface area contributed by atoms with Crippen LogP contribution in [0.25, 0.3) is 0 Å². The van der Waals surface area contributed by atoms with Crippen LogP contribution in [0, 0.1) is 12.8 Å². The highest BCUT2D eigenvalue weighted by molar-refractivity contribution is 5.42. The van der Waals surface area contributed by atoms with Crippen LogP contribution in [0.3, 0.4) is 0 Å². The van der Waals surface area contributed by atoms with Crippen molar-refractivity contribution in [1.29, 1.82) is 0 Å². The number of hydrogen-bond acceptors (Lipinski definition) is 3. The van der Waals surface area contributed by atoms with Gasteiger partial charge in [0.25, 0.3) is 0 Å². The van der Waals surface area contributed by atoms with Crippen molar-refractivity contribution in [2.45, 2.75) is 46.1 Å². The van der Waals surface area contributed by atoms with Crippen molar-refractivity contribution in [1.82, 2.24) is 10.3 Å². The summed E-state index contributed by atoms with van der Waals surface area (Å²) in [5, 5.41) is 3.22. The highest BCUT2D eigenvalue weighted by atomic mass is 15.2. The van der Waals surface area contributed by atoms with Crippen LogP contribution in [0.1, 0.15) is 43.9 Å². The molecule has 19 heavy (non-hydrogen) atoms. The summed E-state index contributed by atoms with van der Waals surface area (Å²) in [6, 6.07) is 4.42. The Morgan fingerprint density at radius 1 is 1.32 bits per heavy atom. The Morgan fingerprint density at radius 2 is 2.16 bits per heavy atom. The third kappa shape index (κ3) is 3.93. The molecule has 0 radical (unpaired) electrons. The molecule has 0 aliphatic carbocycles. The van der Waals surface area contributed by atoms with E-state index in [1.807, 2.05) is 7.05 Å². The molecule has 106 valence electrons. The van der Waals surface area contributed by atoms with Gasteiger partial charge in [0.1, 0.15) is 5.82 Å². The van der Waals surface area contributed by atoms with Gasteiger partial charge in [-0.25, -0.2) is 4.98 Å². The molecule has 0 bridgehead atoms. The molecule has 1 unspecified atom stereocenters. The molecule has 1 aromatic heterocycles. The van der Waals surface area contributed by atoms with Gasteiger partial charge in [0.15, 0.2) is 0 Å². The van der Waals surface area contributed by atoms with E-state index in [0.29, 0.717) is 0 Å². The molecule has 3 heteroatoms. The van der Waals surface area contributed by atoms with Crippen molar-refractivity contribution < 1.29 is 0 Å². The van der Waals surface area contributed by atoms with E-state index in [9.17, 15) is 0 Å². The molecule has 2 heterocycles. The van der Waals surface area contributed by atoms with E-state index in [1.54, 1.807) is 0 Å². The molecule has 1 aliphatic heterocycles. The fraction of sp³-hybridized carbons (Fsp3) is 0.688. The summed E-state index contributed by atoms with van der Waals surface area (Å²) in [5.41, 5.74) is 2.46. The highest BCUT2D eigenvalue weighted by Crippen LogP contribution is 2.24. The number of aromatic nitrogens is 1. The van der Waals surface area contributed by atoms with Gasteiger partial charge in [0.05, 0.1) is 0 Å². The first-order valence-electron chi connectivity index (χ1n) is 7.60. The maximum atomic E-state index is 4.73. The number of nitrogens with one attached hydrogen (secondary N) is 1. The summed E-state index contributed by atoms with van der Waals surface area (Å²) < 4.78 is 0. The Balaban J connectivity index is 2.12. The van der Waals surface area contributed by atoms with E-state index in [-0.39, 0.29) is 0 Å². The minimum absolute atomic E-state index is 0.909. The molecule has 1 saturated heterocycles. The van der Waals surface area contributed by atoms with Gasteiger partial charge in [-0.3, -0.25) is 0 Å². The van der Waals surface area contributed by atoms with Gasteiger partial charge in [-0.1, -0.05) is 13.3 Å². The van der Waals surface area contributed by atoms with E-state index < -0.39 is 0 Å². The van der Waals surface area contributed by atoms with Gasteiger partial charge in [-0.15, -0.1) is 0 Å². The Morgan fingerprint density at radius 3 is 2.89 bits per heavy atom. The largest absolute Gasteiger partial charge is 0.357 e. The van der Waals surface area contributed by atoms with Gasteiger partial charge < -0.3 is 10.2 Å². The number of nitrogens with zero attached hydrogens (tertiary/aromatic N) is 2. The van der Waals surface area contributed by atoms with E-state index in [1.165, 1.54) is 37.1 Å². The fourth-order valence-corrected chi connectivity index (χ4v) is 2.99. The summed E-state index contributed by atoms with van der Waals surface area (Å²) in [6.07, 6.45) is 5.31. The molecule has 0 saturated carbocycles. The predicted molar refractivity (Wildman–Crippen MR) is 81.6 cm³/mol. The Labute approximate surface area is 117 Å². The number of rotatable bonds is 4. The number of hydrogen-bond donors (Lipinski definition) is 1. The molecule has 1 aliphatic rings. The van der Waals surface area contributed by atoms with Gasteiger partial charge in [0.2, 0.25) is 0 Å². The van der Waals surface area contributed by atoms with Crippen LogP contribution < -0.4 is 10.2 Å². The summed E-state index contributed by atoms with van der Waals surface area (Å²) in [7, 11) is 1.99. The predicted octanol–water partition coefficient (Wildman–Crippen LogP) is 3.13. The topological polar surface area (TPSA) is 28.2 Å². The molecular weight excluding hydrogens is 234 g/mol. The monoisotopic (exact) mass is 261 g/mol. The average molecular weight is 261 g/mol. The van der Waals surface area contributed by atoms with Crippen molar-refractivity contribution in [3.05, 3.63) is 23.4 Å². The molecule has 0 amide bonds. The second-order valence-electron chi connectivity index (χ2n) is 5.70. The van der Waals surface area contributed by atoms with E-state index >= 15 is 0 Å².